The summed E-state index contributed by atoms with van der Waals surface area (Å²) in [4.78, 5) is 45.8. The van der Waals surface area contributed by atoms with Crippen LogP contribution in [0, 0.1) is 0 Å². The number of amides is 2. The van der Waals surface area contributed by atoms with E-state index in [1.54, 1.807) is 6.07 Å². The van der Waals surface area contributed by atoms with Crippen LogP contribution in [0.1, 0.15) is 51.6 Å². The molecule has 13 heteroatoms. The van der Waals surface area contributed by atoms with Gasteiger partial charge in [0.1, 0.15) is 39.2 Å². The maximum absolute atomic E-state index is 12.6. The number of hydrogen-bond acceptors (Lipinski definition) is 10. The Morgan fingerprint density at radius 3 is 2.58 bits per heavy atom. The first kappa shape index (κ1) is 24.4. The standard InChI is InChI=1S/C20H23ClN8O3S/c1-20(2,3)12-6-13(26-9-25-12)29-18(31)11-7-23-14(33-11)8-24-19(32)16-15(21)17(22-4-5-30)28-10-27-16/h6-7,9-10,30H,4-5,8H2,1-3H3,(H,24,32)(H,22,27,28)(H,25,26,29,31). The Morgan fingerprint density at radius 1 is 1.09 bits per heavy atom. The topological polar surface area (TPSA) is 155 Å². The highest BCUT2D eigenvalue weighted by molar-refractivity contribution is 7.13. The number of aliphatic hydroxyl groups excluding tert-OH is 1. The van der Waals surface area contributed by atoms with Crippen molar-refractivity contribution in [3.05, 3.63) is 51.2 Å². The molecule has 0 aliphatic heterocycles. The van der Waals surface area contributed by atoms with Crippen LogP contribution in [0.25, 0.3) is 0 Å². The molecule has 3 rings (SSSR count). The molecule has 174 valence electrons. The summed E-state index contributed by atoms with van der Waals surface area (Å²) < 4.78 is 0. The molecule has 0 atom stereocenters. The zero-order chi connectivity index (χ0) is 24.0. The lowest BCUT2D eigenvalue weighted by atomic mass is 9.92. The van der Waals surface area contributed by atoms with Gasteiger partial charge in [-0.25, -0.2) is 24.9 Å². The van der Waals surface area contributed by atoms with E-state index < -0.39 is 5.91 Å². The normalized spacial score (nSPS) is 11.2. The van der Waals surface area contributed by atoms with Crippen molar-refractivity contribution in [2.75, 3.05) is 23.8 Å². The number of aromatic nitrogens is 5. The summed E-state index contributed by atoms with van der Waals surface area (Å²) in [5, 5.41) is 17.7. The summed E-state index contributed by atoms with van der Waals surface area (Å²) in [5.41, 5.74) is 0.610. The van der Waals surface area contributed by atoms with Gasteiger partial charge in [0.2, 0.25) is 0 Å². The van der Waals surface area contributed by atoms with Gasteiger partial charge in [-0.3, -0.25) is 9.59 Å². The van der Waals surface area contributed by atoms with E-state index in [9.17, 15) is 9.59 Å². The van der Waals surface area contributed by atoms with Crippen LogP contribution in [-0.2, 0) is 12.0 Å². The number of halogens is 1. The van der Waals surface area contributed by atoms with Gasteiger partial charge in [-0.1, -0.05) is 32.4 Å². The molecule has 0 radical (unpaired) electrons. The Morgan fingerprint density at radius 2 is 1.85 bits per heavy atom. The van der Waals surface area contributed by atoms with Crippen LogP contribution in [0.15, 0.2) is 24.9 Å². The third-order valence-electron chi connectivity index (χ3n) is 4.26. The zero-order valence-electron chi connectivity index (χ0n) is 18.2. The number of nitrogens with zero attached hydrogens (tertiary/aromatic N) is 5. The molecule has 3 aromatic heterocycles. The first-order valence-electron chi connectivity index (χ1n) is 9.91. The van der Waals surface area contributed by atoms with Crippen LogP contribution in [0.3, 0.4) is 0 Å². The molecule has 4 N–H and O–H groups in total. The van der Waals surface area contributed by atoms with E-state index in [1.165, 1.54) is 18.9 Å². The van der Waals surface area contributed by atoms with Crippen molar-refractivity contribution in [3.8, 4) is 0 Å². The Kier molecular flexibility index (Phi) is 7.84. The monoisotopic (exact) mass is 490 g/mol. The first-order chi connectivity index (χ1) is 15.7. The fraction of sp³-hybridized carbons (Fsp3) is 0.350. The summed E-state index contributed by atoms with van der Waals surface area (Å²) in [6.45, 7) is 6.26. The van der Waals surface area contributed by atoms with Crippen LogP contribution < -0.4 is 16.0 Å². The van der Waals surface area contributed by atoms with Gasteiger partial charge >= 0.3 is 0 Å². The Balaban J connectivity index is 1.61. The van der Waals surface area contributed by atoms with E-state index in [0.29, 0.717) is 15.7 Å². The molecular formula is C20H23ClN8O3S. The van der Waals surface area contributed by atoms with Gasteiger partial charge in [0.05, 0.1) is 25.0 Å². The molecule has 0 aromatic carbocycles. The van der Waals surface area contributed by atoms with Crippen LogP contribution in [0.2, 0.25) is 5.02 Å². The van der Waals surface area contributed by atoms with Gasteiger partial charge in [-0.05, 0) is 0 Å². The van der Waals surface area contributed by atoms with E-state index in [0.717, 1.165) is 17.0 Å². The Labute approximate surface area is 199 Å². The maximum Gasteiger partial charge on any atom is 0.271 e. The summed E-state index contributed by atoms with van der Waals surface area (Å²) in [7, 11) is 0. The molecule has 0 unspecified atom stereocenters. The van der Waals surface area contributed by atoms with Crippen LogP contribution in [0.5, 0.6) is 0 Å². The van der Waals surface area contributed by atoms with Gasteiger partial charge < -0.3 is 21.1 Å². The predicted molar refractivity (Wildman–Crippen MR) is 125 cm³/mol. The largest absolute Gasteiger partial charge is 0.395 e. The Hall–Kier alpha value is -3.22. The number of carbonyl (C=O) groups is 2. The summed E-state index contributed by atoms with van der Waals surface area (Å²) in [6.07, 6.45) is 4.04. The van der Waals surface area contributed by atoms with E-state index in [-0.39, 0.29) is 47.6 Å². The number of thiazole rings is 1. The minimum atomic E-state index is -0.522. The van der Waals surface area contributed by atoms with Crippen molar-refractivity contribution in [2.45, 2.75) is 32.7 Å². The number of hydrogen-bond donors (Lipinski definition) is 4. The summed E-state index contributed by atoms with van der Waals surface area (Å²) >= 11 is 7.32. The molecule has 3 heterocycles. The minimum absolute atomic E-state index is 0.0138. The molecule has 11 nitrogen and oxygen atoms in total. The predicted octanol–water partition coefficient (Wildman–Crippen LogP) is 2.26. The van der Waals surface area contributed by atoms with Crippen LogP contribution in [-0.4, -0.2) is 55.0 Å². The van der Waals surface area contributed by atoms with E-state index in [4.69, 9.17) is 16.7 Å². The highest BCUT2D eigenvalue weighted by Gasteiger charge is 2.19. The highest BCUT2D eigenvalue weighted by atomic mass is 35.5. The zero-order valence-corrected chi connectivity index (χ0v) is 19.8. The van der Waals surface area contributed by atoms with Gasteiger partial charge in [-0.15, -0.1) is 11.3 Å². The van der Waals surface area contributed by atoms with Crippen molar-refractivity contribution in [1.29, 1.82) is 0 Å². The lowest BCUT2D eigenvalue weighted by Crippen LogP contribution is -2.24. The average molecular weight is 491 g/mol. The quantitative estimate of drug-likeness (QED) is 0.372. The molecule has 0 aliphatic rings. The summed E-state index contributed by atoms with van der Waals surface area (Å²) in [6, 6.07) is 1.73. The van der Waals surface area contributed by atoms with Gasteiger partial charge in [-0.2, -0.15) is 0 Å². The number of aliphatic hydroxyl groups is 1. The van der Waals surface area contributed by atoms with Crippen molar-refractivity contribution < 1.29 is 14.7 Å². The Bertz CT molecular complexity index is 1150. The maximum atomic E-state index is 12.6. The van der Waals surface area contributed by atoms with Gasteiger partial charge in [0, 0.05) is 18.0 Å². The number of rotatable bonds is 8. The molecule has 33 heavy (non-hydrogen) atoms. The number of carbonyl (C=O) groups excluding carboxylic acids is 2. The van der Waals surface area contributed by atoms with Crippen LogP contribution >= 0.6 is 22.9 Å². The lowest BCUT2D eigenvalue weighted by Gasteiger charge is -2.17. The van der Waals surface area contributed by atoms with E-state index >= 15 is 0 Å². The SMILES string of the molecule is CC(C)(C)c1cc(NC(=O)c2cnc(CNC(=O)c3ncnc(NCCO)c3Cl)s2)ncn1. The second kappa shape index (κ2) is 10.6. The fourth-order valence-electron chi connectivity index (χ4n) is 2.58. The number of anilines is 2. The number of nitrogens with one attached hydrogen (secondary N) is 3. The third kappa shape index (κ3) is 6.40. The second-order valence-corrected chi connectivity index (χ2v) is 9.32. The van der Waals surface area contributed by atoms with E-state index in [1.807, 2.05) is 20.8 Å². The molecule has 0 saturated carbocycles. The molecule has 2 amide bonds. The van der Waals surface area contributed by atoms with Crippen molar-refractivity contribution >= 4 is 46.4 Å². The van der Waals surface area contributed by atoms with Crippen molar-refractivity contribution in [3.63, 3.8) is 0 Å². The molecule has 3 aromatic rings. The van der Waals surface area contributed by atoms with Crippen LogP contribution in [0.4, 0.5) is 11.6 Å². The average Bonchev–Trinajstić information content (AvgIpc) is 3.26. The van der Waals surface area contributed by atoms with Crippen molar-refractivity contribution in [1.82, 2.24) is 30.2 Å². The third-order valence-corrected chi connectivity index (χ3v) is 5.62. The lowest BCUT2D eigenvalue weighted by molar-refractivity contribution is 0.0945. The smallest absolute Gasteiger partial charge is 0.271 e. The fourth-order valence-corrected chi connectivity index (χ4v) is 3.58. The molecule has 0 spiro atoms. The minimum Gasteiger partial charge on any atom is -0.395 e. The first-order valence-corrected chi connectivity index (χ1v) is 11.1. The summed E-state index contributed by atoms with van der Waals surface area (Å²) in [5.74, 6) is -0.237. The molecule has 0 fully saturated rings. The molecule has 0 saturated heterocycles. The molecule has 0 aliphatic carbocycles. The second-order valence-electron chi connectivity index (χ2n) is 7.83. The van der Waals surface area contributed by atoms with E-state index in [2.05, 4.69) is 40.9 Å². The van der Waals surface area contributed by atoms with Gasteiger partial charge in [0.25, 0.3) is 11.8 Å². The van der Waals surface area contributed by atoms with Gasteiger partial charge in [0.15, 0.2) is 5.69 Å². The van der Waals surface area contributed by atoms with Crippen molar-refractivity contribution in [2.24, 2.45) is 0 Å². The molecular weight excluding hydrogens is 468 g/mol. The molecule has 0 bridgehead atoms. The highest BCUT2D eigenvalue weighted by Crippen LogP contribution is 2.23.